The Hall–Kier alpha value is -5.00. The van der Waals surface area contributed by atoms with Crippen LogP contribution in [0, 0.1) is 0 Å². The number of pyridine rings is 2. The Morgan fingerprint density at radius 3 is 2.44 bits per heavy atom. The molecule has 1 aliphatic carbocycles. The molecule has 1 amide bonds. The molecule has 0 radical (unpaired) electrons. The van der Waals surface area contributed by atoms with E-state index in [1.165, 1.54) is 34.9 Å². The third-order valence-corrected chi connectivity index (χ3v) is 6.55. The Morgan fingerprint density at radius 2 is 1.80 bits per heavy atom. The number of carbonyl (C=O) groups is 2. The summed E-state index contributed by atoms with van der Waals surface area (Å²) in [5.41, 5.74) is 1.69. The molecule has 1 fully saturated rings. The molecule has 2 N–H and O–H groups in total. The van der Waals surface area contributed by atoms with Crippen LogP contribution in [0.1, 0.15) is 57.5 Å². The molecule has 0 unspecified atom stereocenters. The highest BCUT2D eigenvalue weighted by Crippen LogP contribution is 2.31. The smallest absolute Gasteiger partial charge is 0.417 e. The summed E-state index contributed by atoms with van der Waals surface area (Å²) in [6, 6.07) is 12.5. The molecule has 3 heterocycles. The highest BCUT2D eigenvalue weighted by Gasteiger charge is 2.30. The summed E-state index contributed by atoms with van der Waals surface area (Å²) in [6.45, 7) is 0. The number of carbonyl (C=O) groups excluding carboxylic acids is 1. The summed E-state index contributed by atoms with van der Waals surface area (Å²) in [5.74, 6) is -0.407. The average Bonchev–Trinajstić information content (AvgIpc) is 3.45. The number of aromatic nitrogens is 4. The number of halogens is 3. The lowest BCUT2D eigenvalue weighted by Gasteiger charge is -2.25. The standard InChI is InChI=1S/C29H24F3N5O4/c30-29(31,32)22-7-11-26(34-16-22)41-24-3-1-2-19(13-24)12-18-4-8-23(9-5-18)36-27(38)20-6-10-25(33-14-20)37-17-21(15-35-37)28(39)40/h1-3,6-7,10-17,23H,4-5,8-9H2,(H,36,38)(H,39,40). The summed E-state index contributed by atoms with van der Waals surface area (Å²) >= 11 is 0. The topological polar surface area (TPSA) is 119 Å². The Balaban J connectivity index is 1.14. The zero-order valence-electron chi connectivity index (χ0n) is 21.5. The molecule has 0 spiro atoms. The lowest BCUT2D eigenvalue weighted by atomic mass is 9.89. The molecule has 9 nitrogen and oxygen atoms in total. The van der Waals surface area contributed by atoms with Gasteiger partial charge in [-0.15, -0.1) is 0 Å². The van der Waals surface area contributed by atoms with E-state index in [0.717, 1.165) is 43.5 Å². The minimum Gasteiger partial charge on any atom is -0.478 e. The number of carboxylic acids is 1. The Bertz CT molecular complexity index is 1570. The van der Waals surface area contributed by atoms with E-state index in [0.29, 0.717) is 17.1 Å². The molecule has 1 aliphatic rings. The van der Waals surface area contributed by atoms with Crippen LogP contribution in [0.3, 0.4) is 0 Å². The number of rotatable bonds is 7. The van der Waals surface area contributed by atoms with Crippen LogP contribution in [0.15, 0.2) is 78.9 Å². The predicted octanol–water partition coefficient (Wildman–Crippen LogP) is 5.93. The number of ether oxygens (including phenoxy) is 1. The van der Waals surface area contributed by atoms with Gasteiger partial charge in [0.2, 0.25) is 5.88 Å². The van der Waals surface area contributed by atoms with Crippen molar-refractivity contribution >= 4 is 18.0 Å². The number of allylic oxidation sites excluding steroid dienone is 1. The SMILES string of the molecule is O=C(O)c1cnn(-c2ccc(C(=O)NC3CCC(=Cc4cccc(Oc5ccc(C(F)(F)F)cn5)c4)CC3)cn2)c1. The molecule has 0 bridgehead atoms. The second-order valence-electron chi connectivity index (χ2n) is 9.49. The molecule has 12 heteroatoms. The number of nitrogens with one attached hydrogen (secondary N) is 1. The van der Waals surface area contributed by atoms with E-state index in [4.69, 9.17) is 9.84 Å². The van der Waals surface area contributed by atoms with Crippen LogP contribution in [0.5, 0.6) is 11.6 Å². The van der Waals surface area contributed by atoms with Crippen molar-refractivity contribution in [3.63, 3.8) is 0 Å². The zero-order chi connectivity index (χ0) is 29.0. The first-order valence-electron chi connectivity index (χ1n) is 12.7. The van der Waals surface area contributed by atoms with Gasteiger partial charge in [0.25, 0.3) is 5.91 Å². The predicted molar refractivity (Wildman–Crippen MR) is 142 cm³/mol. The summed E-state index contributed by atoms with van der Waals surface area (Å²) in [6.07, 6.45) is 5.44. The van der Waals surface area contributed by atoms with E-state index in [2.05, 4.69) is 26.5 Å². The minimum atomic E-state index is -4.46. The lowest BCUT2D eigenvalue weighted by Crippen LogP contribution is -2.36. The van der Waals surface area contributed by atoms with E-state index in [1.54, 1.807) is 30.3 Å². The van der Waals surface area contributed by atoms with Gasteiger partial charge in [-0.25, -0.2) is 19.4 Å². The molecule has 4 aromatic rings. The highest BCUT2D eigenvalue weighted by molar-refractivity contribution is 5.94. The van der Waals surface area contributed by atoms with Crippen molar-refractivity contribution in [2.24, 2.45) is 0 Å². The van der Waals surface area contributed by atoms with Crippen molar-refractivity contribution in [2.75, 3.05) is 0 Å². The fourth-order valence-corrected chi connectivity index (χ4v) is 4.39. The van der Waals surface area contributed by atoms with Crippen molar-refractivity contribution in [2.45, 2.75) is 37.9 Å². The third-order valence-electron chi connectivity index (χ3n) is 6.55. The second kappa shape index (κ2) is 11.6. The summed E-state index contributed by atoms with van der Waals surface area (Å²) in [5, 5.41) is 16.0. The van der Waals surface area contributed by atoms with Crippen LogP contribution in [-0.2, 0) is 6.18 Å². The first-order valence-corrected chi connectivity index (χ1v) is 12.7. The van der Waals surface area contributed by atoms with Gasteiger partial charge in [0.1, 0.15) is 5.75 Å². The van der Waals surface area contributed by atoms with Gasteiger partial charge in [0.15, 0.2) is 5.82 Å². The van der Waals surface area contributed by atoms with E-state index >= 15 is 0 Å². The van der Waals surface area contributed by atoms with Gasteiger partial charge >= 0.3 is 12.1 Å². The maximum absolute atomic E-state index is 12.7. The van der Waals surface area contributed by atoms with Crippen LogP contribution >= 0.6 is 0 Å². The van der Waals surface area contributed by atoms with Crippen LogP contribution in [0.4, 0.5) is 13.2 Å². The number of carboxylic acid groups (broad SMARTS) is 1. The zero-order valence-corrected chi connectivity index (χ0v) is 21.5. The van der Waals surface area contributed by atoms with Gasteiger partial charge in [0, 0.05) is 30.7 Å². The number of aromatic carboxylic acids is 1. The maximum Gasteiger partial charge on any atom is 0.417 e. The number of hydrogen-bond acceptors (Lipinski definition) is 6. The fraction of sp³-hybridized carbons (Fsp3) is 0.207. The molecular weight excluding hydrogens is 539 g/mol. The van der Waals surface area contributed by atoms with Crippen molar-refractivity contribution in [3.05, 3.63) is 101 Å². The van der Waals surface area contributed by atoms with Crippen LogP contribution in [0.25, 0.3) is 11.9 Å². The van der Waals surface area contributed by atoms with E-state index in [1.807, 2.05) is 6.07 Å². The van der Waals surface area contributed by atoms with Gasteiger partial charge < -0.3 is 15.2 Å². The maximum atomic E-state index is 12.7. The highest BCUT2D eigenvalue weighted by atomic mass is 19.4. The summed E-state index contributed by atoms with van der Waals surface area (Å²) < 4.78 is 45.2. The largest absolute Gasteiger partial charge is 0.478 e. The van der Waals surface area contributed by atoms with Crippen molar-refractivity contribution in [1.82, 2.24) is 25.1 Å². The average molecular weight is 564 g/mol. The van der Waals surface area contributed by atoms with Gasteiger partial charge in [-0.2, -0.15) is 18.3 Å². The third kappa shape index (κ3) is 6.96. The Labute approximate surface area is 232 Å². The quantitative estimate of drug-likeness (QED) is 0.286. The van der Waals surface area contributed by atoms with Crippen molar-refractivity contribution < 1.29 is 32.6 Å². The molecule has 3 aromatic heterocycles. The Kier molecular flexibility index (Phi) is 7.81. The van der Waals surface area contributed by atoms with Gasteiger partial charge in [-0.05, 0) is 61.6 Å². The van der Waals surface area contributed by atoms with E-state index < -0.39 is 17.7 Å². The van der Waals surface area contributed by atoms with Gasteiger partial charge in [-0.3, -0.25) is 4.79 Å². The minimum absolute atomic E-state index is 0.00368. The molecule has 1 aromatic carbocycles. The molecular formula is C29H24F3N5O4. The second-order valence-corrected chi connectivity index (χ2v) is 9.49. The van der Waals surface area contributed by atoms with Gasteiger partial charge in [0.05, 0.1) is 22.9 Å². The Morgan fingerprint density at radius 1 is 1.00 bits per heavy atom. The van der Waals surface area contributed by atoms with Crippen molar-refractivity contribution in [3.8, 4) is 17.4 Å². The number of hydrogen-bond donors (Lipinski definition) is 2. The van der Waals surface area contributed by atoms with E-state index in [9.17, 15) is 22.8 Å². The molecule has 0 saturated heterocycles. The monoisotopic (exact) mass is 563 g/mol. The lowest BCUT2D eigenvalue weighted by molar-refractivity contribution is -0.137. The fourth-order valence-electron chi connectivity index (χ4n) is 4.39. The summed E-state index contributed by atoms with van der Waals surface area (Å²) in [4.78, 5) is 31.7. The van der Waals surface area contributed by atoms with Crippen LogP contribution < -0.4 is 10.1 Å². The van der Waals surface area contributed by atoms with Crippen molar-refractivity contribution in [1.29, 1.82) is 0 Å². The molecule has 1 saturated carbocycles. The molecule has 0 atom stereocenters. The number of benzene rings is 1. The number of amides is 1. The molecule has 0 aliphatic heterocycles. The molecule has 210 valence electrons. The normalized spacial score (nSPS) is 15.3. The van der Waals surface area contributed by atoms with E-state index in [-0.39, 0.29) is 23.4 Å². The van der Waals surface area contributed by atoms with Gasteiger partial charge in [-0.1, -0.05) is 23.8 Å². The first kappa shape index (κ1) is 27.6. The number of alkyl halides is 3. The molecule has 41 heavy (non-hydrogen) atoms. The summed E-state index contributed by atoms with van der Waals surface area (Å²) in [7, 11) is 0. The molecule has 5 rings (SSSR count). The first-order chi connectivity index (χ1) is 19.6. The van der Waals surface area contributed by atoms with Crippen LogP contribution in [-0.4, -0.2) is 42.8 Å². The number of nitrogens with zero attached hydrogens (tertiary/aromatic N) is 4. The van der Waals surface area contributed by atoms with Crippen LogP contribution in [0.2, 0.25) is 0 Å².